The van der Waals surface area contributed by atoms with Crippen LogP contribution in [0.25, 0.3) is 33.1 Å². The van der Waals surface area contributed by atoms with Gasteiger partial charge in [0.2, 0.25) is 0 Å². The fraction of sp³-hybridized carbons (Fsp3) is 0.130. The zero-order valence-electron chi connectivity index (χ0n) is 27.4. The maximum absolute atomic E-state index is 6.89. The molecule has 1 spiro atoms. The summed E-state index contributed by atoms with van der Waals surface area (Å²) in [6.45, 7) is 0. The molecule has 0 radical (unpaired) electrons. The lowest BCUT2D eigenvalue weighted by Crippen LogP contribution is -2.37. The molecule has 1 aromatic heterocycles. The number of furan rings is 1. The molecule has 4 heteroatoms. The van der Waals surface area contributed by atoms with Crippen LogP contribution in [-0.2, 0) is 5.41 Å². The molecule has 5 aliphatic rings. The van der Waals surface area contributed by atoms with Gasteiger partial charge in [-0.05, 0) is 52.8 Å². The normalized spacial score (nSPS) is 24.0. The molecule has 4 unspecified atom stereocenters. The molecule has 4 atom stereocenters. The Morgan fingerprint density at radius 1 is 0.700 bits per heavy atom. The van der Waals surface area contributed by atoms with Crippen LogP contribution in [0.3, 0.4) is 0 Å². The molecule has 0 bridgehead atoms. The first kappa shape index (κ1) is 27.9. The molecule has 4 nitrogen and oxygen atoms in total. The van der Waals surface area contributed by atoms with Gasteiger partial charge in [0.05, 0.1) is 5.41 Å². The first-order valence-electron chi connectivity index (χ1n) is 17.7. The van der Waals surface area contributed by atoms with Crippen molar-refractivity contribution in [2.45, 2.75) is 30.3 Å². The maximum Gasteiger partial charge on any atom is 0.170 e. The minimum atomic E-state index is -0.481. The number of aliphatic imine (C=N–C) groups is 2. The fourth-order valence-corrected chi connectivity index (χ4v) is 9.48. The third-order valence-electron chi connectivity index (χ3n) is 11.4. The third-order valence-corrected chi connectivity index (χ3v) is 11.4. The molecule has 0 fully saturated rings. The summed E-state index contributed by atoms with van der Waals surface area (Å²) in [5.41, 5.74) is 12.4. The molecule has 1 aliphatic heterocycles. The van der Waals surface area contributed by atoms with E-state index >= 15 is 0 Å². The lowest BCUT2D eigenvalue weighted by molar-refractivity contribution is 0.460. The van der Waals surface area contributed by atoms with E-state index in [1.54, 1.807) is 0 Å². The first-order valence-corrected chi connectivity index (χ1v) is 17.7. The van der Waals surface area contributed by atoms with Gasteiger partial charge in [-0.25, -0.2) is 9.98 Å². The number of benzene rings is 5. The summed E-state index contributed by atoms with van der Waals surface area (Å²) < 4.78 is 6.89. The topological polar surface area (TPSA) is 49.9 Å². The van der Waals surface area contributed by atoms with Crippen LogP contribution in [0.15, 0.2) is 172 Å². The largest absolute Gasteiger partial charge is 0.455 e. The van der Waals surface area contributed by atoms with E-state index in [4.69, 9.17) is 14.4 Å². The van der Waals surface area contributed by atoms with Gasteiger partial charge < -0.3 is 9.73 Å². The summed E-state index contributed by atoms with van der Waals surface area (Å²) in [6, 6.07) is 39.4. The zero-order chi connectivity index (χ0) is 32.8. The minimum Gasteiger partial charge on any atom is -0.455 e. The highest BCUT2D eigenvalue weighted by atomic mass is 16.3. The van der Waals surface area contributed by atoms with E-state index in [0.29, 0.717) is 0 Å². The Hall–Kier alpha value is -6.00. The number of nitrogens with one attached hydrogen (secondary N) is 1. The summed E-state index contributed by atoms with van der Waals surface area (Å²) in [4.78, 5) is 11.0. The van der Waals surface area contributed by atoms with Gasteiger partial charge in [0.15, 0.2) is 6.17 Å². The summed E-state index contributed by atoms with van der Waals surface area (Å²) in [6.07, 6.45) is 17.6. The van der Waals surface area contributed by atoms with Gasteiger partial charge in [-0.1, -0.05) is 140 Å². The monoisotopic (exact) mass is 643 g/mol. The number of nitrogens with zero attached hydrogens (tertiary/aromatic N) is 2. The summed E-state index contributed by atoms with van der Waals surface area (Å²) in [5, 5.41) is 5.86. The molecule has 1 N–H and O–H groups in total. The van der Waals surface area contributed by atoms with Crippen molar-refractivity contribution in [1.29, 1.82) is 0 Å². The number of fused-ring (bicyclic) bond motifs is 14. The van der Waals surface area contributed by atoms with Gasteiger partial charge in [0.25, 0.3) is 0 Å². The average Bonchev–Trinajstić information content (AvgIpc) is 3.82. The SMILES string of the molecule is C1=CC2c3ccccc3C3(c4ccccc4-c4c3c(C3N=C(C5=CCCC=C5)NC(c5ccccc5)=N3)cc3c4oc4ccccc43)C2C=C1. The van der Waals surface area contributed by atoms with Crippen LogP contribution in [0.2, 0.25) is 0 Å². The Morgan fingerprint density at radius 2 is 1.48 bits per heavy atom. The van der Waals surface area contributed by atoms with E-state index in [0.717, 1.165) is 63.2 Å². The number of amidine groups is 2. The van der Waals surface area contributed by atoms with Gasteiger partial charge in [-0.15, -0.1) is 0 Å². The first-order chi connectivity index (χ1) is 24.8. The molecular weight excluding hydrogens is 611 g/mol. The molecular formula is C46H33N3O. The fourth-order valence-electron chi connectivity index (χ4n) is 9.48. The van der Waals surface area contributed by atoms with E-state index in [9.17, 15) is 0 Å². The van der Waals surface area contributed by atoms with E-state index < -0.39 is 11.6 Å². The van der Waals surface area contributed by atoms with Gasteiger partial charge in [-0.3, -0.25) is 0 Å². The van der Waals surface area contributed by atoms with Gasteiger partial charge in [0, 0.05) is 44.9 Å². The highest BCUT2D eigenvalue weighted by molar-refractivity contribution is 6.17. The summed E-state index contributed by atoms with van der Waals surface area (Å²) >= 11 is 0. The van der Waals surface area contributed by atoms with Crippen LogP contribution in [0.5, 0.6) is 0 Å². The Kier molecular flexibility index (Phi) is 5.86. The quantitative estimate of drug-likeness (QED) is 0.209. The molecule has 5 aromatic carbocycles. The Labute approximate surface area is 290 Å². The van der Waals surface area contributed by atoms with Crippen molar-refractivity contribution < 1.29 is 4.42 Å². The Balaban J connectivity index is 1.29. The molecule has 0 saturated heterocycles. The van der Waals surface area contributed by atoms with Crippen LogP contribution in [-0.4, -0.2) is 11.7 Å². The second-order valence-electron chi connectivity index (χ2n) is 13.9. The molecule has 50 heavy (non-hydrogen) atoms. The van der Waals surface area contributed by atoms with Gasteiger partial charge in [-0.2, -0.15) is 0 Å². The van der Waals surface area contributed by atoms with Crippen molar-refractivity contribution in [2.75, 3.05) is 0 Å². The van der Waals surface area contributed by atoms with E-state index in [2.05, 4.69) is 157 Å². The predicted molar refractivity (Wildman–Crippen MR) is 203 cm³/mol. The van der Waals surface area contributed by atoms with Crippen LogP contribution >= 0.6 is 0 Å². The number of para-hydroxylation sites is 1. The summed E-state index contributed by atoms with van der Waals surface area (Å²) in [7, 11) is 0. The Morgan fingerprint density at radius 3 is 2.38 bits per heavy atom. The zero-order valence-corrected chi connectivity index (χ0v) is 27.4. The lowest BCUT2D eigenvalue weighted by Gasteiger charge is -2.38. The van der Waals surface area contributed by atoms with Crippen molar-refractivity contribution in [1.82, 2.24) is 5.32 Å². The lowest BCUT2D eigenvalue weighted by atomic mass is 9.64. The molecule has 238 valence electrons. The van der Waals surface area contributed by atoms with Crippen LogP contribution in [0.1, 0.15) is 58.3 Å². The van der Waals surface area contributed by atoms with Crippen molar-refractivity contribution in [3.8, 4) is 11.1 Å². The van der Waals surface area contributed by atoms with Crippen molar-refractivity contribution in [3.63, 3.8) is 0 Å². The van der Waals surface area contributed by atoms with E-state index in [1.165, 1.54) is 33.4 Å². The van der Waals surface area contributed by atoms with Gasteiger partial charge >= 0.3 is 0 Å². The molecule has 11 rings (SSSR count). The van der Waals surface area contributed by atoms with Crippen LogP contribution < -0.4 is 5.32 Å². The van der Waals surface area contributed by atoms with Gasteiger partial charge in [0.1, 0.15) is 22.8 Å². The maximum atomic E-state index is 6.89. The highest BCUT2D eigenvalue weighted by Crippen LogP contribution is 2.67. The van der Waals surface area contributed by atoms with Crippen LogP contribution in [0, 0.1) is 5.92 Å². The Bertz CT molecular complexity index is 2600. The third kappa shape index (κ3) is 3.71. The number of rotatable bonds is 3. The number of allylic oxidation sites excluding steroid dienone is 6. The molecule has 0 saturated carbocycles. The molecule has 6 aromatic rings. The predicted octanol–water partition coefficient (Wildman–Crippen LogP) is 10.5. The average molecular weight is 644 g/mol. The minimum absolute atomic E-state index is 0.180. The van der Waals surface area contributed by atoms with Crippen molar-refractivity contribution >= 4 is 33.6 Å². The summed E-state index contributed by atoms with van der Waals surface area (Å²) in [5.74, 6) is 2.13. The molecule has 2 heterocycles. The van der Waals surface area contributed by atoms with Crippen molar-refractivity contribution in [2.24, 2.45) is 15.9 Å². The van der Waals surface area contributed by atoms with Crippen LogP contribution in [0.4, 0.5) is 0 Å². The second kappa shape index (κ2) is 10.5. The molecule has 0 amide bonds. The standard InChI is InChI=1S/C46H33N3O/c1-3-15-28(16-4-1)43-47-44(29-17-5-2-6-18-29)49-45(48-43)35-27-34-32-21-10-14-26-39(32)50-42(34)40-33-22-9-13-25-38(33)46(41(35)40)36-23-11-7-19-30(36)31-20-8-12-24-37(31)46/h1,3-5,7-27,30,36,45H,2,6H2,(H,47,48,49). The van der Waals surface area contributed by atoms with Crippen molar-refractivity contribution in [3.05, 3.63) is 191 Å². The second-order valence-corrected chi connectivity index (χ2v) is 13.9. The smallest absolute Gasteiger partial charge is 0.170 e. The molecule has 4 aliphatic carbocycles. The van der Waals surface area contributed by atoms with E-state index in [1.807, 2.05) is 0 Å². The van der Waals surface area contributed by atoms with E-state index in [-0.39, 0.29) is 11.8 Å². The number of hydrogen-bond donors (Lipinski definition) is 1. The highest BCUT2D eigenvalue weighted by Gasteiger charge is 2.59. The number of hydrogen-bond acceptors (Lipinski definition) is 4.